The topological polar surface area (TPSA) is 91.1 Å². The first-order valence-electron chi connectivity index (χ1n) is 12.4. The van der Waals surface area contributed by atoms with Gasteiger partial charge in [0, 0.05) is 13.6 Å². The van der Waals surface area contributed by atoms with E-state index < -0.39 is 35.2 Å². The summed E-state index contributed by atoms with van der Waals surface area (Å²) in [5, 5.41) is 0. The number of likely N-dealkylation sites (tertiary alicyclic amines) is 1. The second kappa shape index (κ2) is 8.16. The Balaban J connectivity index is 1.35. The van der Waals surface area contributed by atoms with Gasteiger partial charge in [-0.2, -0.15) is 0 Å². The maximum Gasteiger partial charge on any atom is 0.249 e. The minimum Gasteiger partial charge on any atom is -0.464 e. The van der Waals surface area contributed by atoms with Crippen molar-refractivity contribution in [3.8, 4) is 11.1 Å². The number of imide groups is 1. The number of carbonyl (C=O) groups is 4. The van der Waals surface area contributed by atoms with E-state index in [1.807, 2.05) is 54.6 Å². The molecule has 2 aromatic carbocycles. The molecule has 1 aromatic heterocycles. The lowest BCUT2D eigenvalue weighted by Crippen LogP contribution is -2.67. The highest BCUT2D eigenvalue weighted by Crippen LogP contribution is 2.56. The van der Waals surface area contributed by atoms with Crippen molar-refractivity contribution >= 4 is 23.6 Å². The fraction of sp³-hybridized carbons (Fsp3) is 0.310. The smallest absolute Gasteiger partial charge is 0.249 e. The number of nitrogens with zero attached hydrogens (tertiary/aromatic N) is 3. The van der Waals surface area contributed by atoms with Gasteiger partial charge < -0.3 is 14.2 Å². The molecule has 4 atom stereocenters. The molecule has 4 heterocycles. The van der Waals surface area contributed by atoms with Gasteiger partial charge in [-0.05, 0) is 42.7 Å². The van der Waals surface area contributed by atoms with Crippen LogP contribution in [0.1, 0.15) is 30.0 Å². The number of benzene rings is 2. The van der Waals surface area contributed by atoms with Crippen LogP contribution in [0, 0.1) is 18.8 Å². The third kappa shape index (κ3) is 3.28. The summed E-state index contributed by atoms with van der Waals surface area (Å²) in [6, 6.07) is 20.5. The number of hydrogen-bond donors (Lipinski definition) is 0. The second-order valence-electron chi connectivity index (χ2n) is 10.3. The van der Waals surface area contributed by atoms with Gasteiger partial charge in [0.25, 0.3) is 0 Å². The zero-order valence-corrected chi connectivity index (χ0v) is 20.9. The van der Waals surface area contributed by atoms with Crippen LogP contribution in [0.2, 0.25) is 0 Å². The number of hydrogen-bond acceptors (Lipinski definition) is 5. The van der Waals surface area contributed by atoms with E-state index >= 15 is 0 Å². The Morgan fingerprint density at radius 3 is 2.22 bits per heavy atom. The number of aryl methyl sites for hydroxylation is 1. The molecule has 4 amide bonds. The molecule has 0 saturated carbocycles. The SMILES string of the molecule is Cc1ccc([C@@H]2[C@@H]3C(=O)N(C)C(=O)[C@@H]3[C@]3(C)C(=O)N(Cc4ccc(-c5ccccc5)cc4)CC(=O)N23)o1. The van der Waals surface area contributed by atoms with Crippen LogP contribution in [-0.4, -0.2) is 57.5 Å². The van der Waals surface area contributed by atoms with Gasteiger partial charge in [0.15, 0.2) is 0 Å². The Labute approximate surface area is 214 Å². The maximum absolute atomic E-state index is 14.1. The summed E-state index contributed by atoms with van der Waals surface area (Å²) < 4.78 is 5.84. The lowest BCUT2D eigenvalue weighted by atomic mass is 9.79. The Morgan fingerprint density at radius 2 is 1.57 bits per heavy atom. The third-order valence-electron chi connectivity index (χ3n) is 8.10. The summed E-state index contributed by atoms with van der Waals surface area (Å²) >= 11 is 0. The molecule has 0 aliphatic carbocycles. The fourth-order valence-electron chi connectivity index (χ4n) is 6.32. The Morgan fingerprint density at radius 1 is 0.892 bits per heavy atom. The predicted molar refractivity (Wildman–Crippen MR) is 133 cm³/mol. The molecule has 3 aromatic rings. The second-order valence-corrected chi connectivity index (χ2v) is 10.3. The molecule has 6 rings (SSSR count). The molecule has 188 valence electrons. The minimum absolute atomic E-state index is 0.136. The molecule has 0 bridgehead atoms. The zero-order chi connectivity index (χ0) is 26.1. The average molecular weight is 498 g/mol. The average Bonchev–Trinajstić information content (AvgIpc) is 3.52. The summed E-state index contributed by atoms with van der Waals surface area (Å²) in [7, 11) is 1.43. The Bertz CT molecular complexity index is 1430. The first kappa shape index (κ1) is 23.2. The molecular weight excluding hydrogens is 470 g/mol. The molecule has 3 aliphatic heterocycles. The van der Waals surface area contributed by atoms with Crippen LogP contribution in [0.4, 0.5) is 0 Å². The number of furan rings is 1. The Hall–Kier alpha value is -4.20. The molecule has 3 fully saturated rings. The minimum atomic E-state index is -1.49. The van der Waals surface area contributed by atoms with Gasteiger partial charge in [0.1, 0.15) is 29.6 Å². The van der Waals surface area contributed by atoms with Crippen LogP contribution in [0.3, 0.4) is 0 Å². The van der Waals surface area contributed by atoms with E-state index in [4.69, 9.17) is 4.42 Å². The number of carbonyl (C=O) groups excluding carboxylic acids is 4. The maximum atomic E-state index is 14.1. The van der Waals surface area contributed by atoms with Gasteiger partial charge in [-0.1, -0.05) is 54.6 Å². The summed E-state index contributed by atoms with van der Waals surface area (Å²) in [6.45, 7) is 3.48. The highest BCUT2D eigenvalue weighted by molar-refractivity contribution is 6.12. The zero-order valence-electron chi connectivity index (χ0n) is 20.9. The van der Waals surface area contributed by atoms with E-state index in [9.17, 15) is 19.2 Å². The van der Waals surface area contributed by atoms with E-state index in [1.165, 1.54) is 16.8 Å². The van der Waals surface area contributed by atoms with E-state index in [2.05, 4.69) is 0 Å². The number of rotatable bonds is 4. The van der Waals surface area contributed by atoms with Gasteiger partial charge in [-0.25, -0.2) is 0 Å². The van der Waals surface area contributed by atoms with Crippen molar-refractivity contribution in [2.24, 2.45) is 11.8 Å². The summed E-state index contributed by atoms with van der Waals surface area (Å²) in [4.78, 5) is 58.2. The fourth-order valence-corrected chi connectivity index (χ4v) is 6.32. The van der Waals surface area contributed by atoms with Crippen molar-refractivity contribution in [2.75, 3.05) is 13.6 Å². The third-order valence-corrected chi connectivity index (χ3v) is 8.10. The van der Waals surface area contributed by atoms with Gasteiger partial charge in [-0.3, -0.25) is 24.1 Å². The van der Waals surface area contributed by atoms with Crippen molar-refractivity contribution < 1.29 is 23.6 Å². The lowest BCUT2D eigenvalue weighted by molar-refractivity contribution is -0.168. The van der Waals surface area contributed by atoms with E-state index in [0.717, 1.165) is 21.6 Å². The predicted octanol–water partition coefficient (Wildman–Crippen LogP) is 3.17. The monoisotopic (exact) mass is 497 g/mol. The molecule has 37 heavy (non-hydrogen) atoms. The van der Waals surface area contributed by atoms with E-state index in [0.29, 0.717) is 11.5 Å². The highest BCUT2D eigenvalue weighted by atomic mass is 16.3. The van der Waals surface area contributed by atoms with Crippen molar-refractivity contribution in [1.82, 2.24) is 14.7 Å². The standard InChI is InChI=1S/C29H27N3O5/c1-17-9-14-21(37-17)25-23-24(27(35)30(3)26(23)34)29(2)28(36)31(16-22(33)32(25)29)15-18-10-12-20(13-11-18)19-7-5-4-6-8-19/h4-14,23-25H,15-16H2,1-3H3/t23-,24-,25-,29-/m1/s1. The molecule has 0 N–H and O–H groups in total. The van der Waals surface area contributed by atoms with Crippen LogP contribution >= 0.6 is 0 Å². The molecule has 8 heteroatoms. The van der Waals surface area contributed by atoms with Crippen LogP contribution in [0.25, 0.3) is 11.1 Å². The quantitative estimate of drug-likeness (QED) is 0.517. The molecule has 8 nitrogen and oxygen atoms in total. The van der Waals surface area contributed by atoms with Gasteiger partial charge >= 0.3 is 0 Å². The number of amides is 4. The van der Waals surface area contributed by atoms with Crippen LogP contribution in [0.15, 0.2) is 71.1 Å². The Kier molecular flexibility index (Phi) is 5.12. The summed E-state index contributed by atoms with van der Waals surface area (Å²) in [6.07, 6.45) is 0. The summed E-state index contributed by atoms with van der Waals surface area (Å²) in [5.74, 6) is -2.28. The first-order chi connectivity index (χ1) is 17.7. The first-order valence-corrected chi connectivity index (χ1v) is 12.4. The molecule has 0 radical (unpaired) electrons. The number of fused-ring (bicyclic) bond motifs is 3. The largest absolute Gasteiger partial charge is 0.464 e. The summed E-state index contributed by atoms with van der Waals surface area (Å²) in [5.41, 5.74) is 1.52. The lowest BCUT2D eigenvalue weighted by Gasteiger charge is -2.46. The molecular formula is C29H27N3O5. The van der Waals surface area contributed by atoms with Crippen molar-refractivity contribution in [3.05, 3.63) is 83.8 Å². The molecule has 3 saturated heterocycles. The highest BCUT2D eigenvalue weighted by Gasteiger charge is 2.73. The van der Waals surface area contributed by atoms with Crippen molar-refractivity contribution in [3.63, 3.8) is 0 Å². The normalized spacial score (nSPS) is 27.2. The molecule has 3 aliphatic rings. The van der Waals surface area contributed by atoms with Gasteiger partial charge in [0.2, 0.25) is 23.6 Å². The molecule has 0 unspecified atom stereocenters. The molecule has 0 spiro atoms. The van der Waals surface area contributed by atoms with Gasteiger partial charge in [-0.15, -0.1) is 0 Å². The van der Waals surface area contributed by atoms with Crippen LogP contribution in [0.5, 0.6) is 0 Å². The van der Waals surface area contributed by atoms with Crippen LogP contribution < -0.4 is 0 Å². The van der Waals surface area contributed by atoms with E-state index in [-0.39, 0.29) is 24.9 Å². The van der Waals surface area contributed by atoms with Gasteiger partial charge in [0.05, 0.1) is 11.8 Å². The van der Waals surface area contributed by atoms with Crippen molar-refractivity contribution in [2.45, 2.75) is 32.0 Å². The van der Waals surface area contributed by atoms with Crippen LogP contribution in [-0.2, 0) is 25.7 Å². The van der Waals surface area contributed by atoms with E-state index in [1.54, 1.807) is 26.0 Å². The number of piperazine rings is 1. The van der Waals surface area contributed by atoms with Crippen molar-refractivity contribution in [1.29, 1.82) is 0 Å².